The van der Waals surface area contributed by atoms with E-state index in [1.54, 1.807) is 0 Å². The molecule has 0 atom stereocenters. The molecule has 0 spiro atoms. The average Bonchev–Trinajstić information content (AvgIpc) is 1.88. The van der Waals surface area contributed by atoms with Crippen LogP contribution in [0.4, 0.5) is 0 Å². The molecular weight excluding hydrogens is 144 g/mol. The molecule has 1 aliphatic heterocycles. The van der Waals surface area contributed by atoms with Crippen LogP contribution in [0, 0.1) is 5.92 Å². The third-order valence-electron chi connectivity index (χ3n) is 1.53. The van der Waals surface area contributed by atoms with Crippen LogP contribution in [-0.4, -0.2) is 12.4 Å². The van der Waals surface area contributed by atoms with E-state index in [9.17, 15) is 0 Å². The van der Waals surface area contributed by atoms with Gasteiger partial charge in [-0.05, 0) is 12.8 Å². The quantitative estimate of drug-likeness (QED) is 0.580. The second kappa shape index (κ2) is 3.33. The standard InChI is InChI=1S/C8H14OS/c1-6(2)8-7(3)9-4-5-10-8/h6H,4-5H2,1-3H3. The van der Waals surface area contributed by atoms with Gasteiger partial charge in [0.05, 0.1) is 6.61 Å². The molecule has 0 bridgehead atoms. The lowest BCUT2D eigenvalue weighted by Crippen LogP contribution is -2.07. The van der Waals surface area contributed by atoms with Crippen molar-refractivity contribution >= 4 is 11.8 Å². The zero-order chi connectivity index (χ0) is 7.56. The molecule has 1 rings (SSSR count). The molecule has 0 saturated carbocycles. The van der Waals surface area contributed by atoms with Crippen LogP contribution in [0.5, 0.6) is 0 Å². The minimum atomic E-state index is 0.630. The van der Waals surface area contributed by atoms with Crippen molar-refractivity contribution in [3.8, 4) is 0 Å². The number of rotatable bonds is 1. The van der Waals surface area contributed by atoms with E-state index >= 15 is 0 Å². The molecule has 0 fully saturated rings. The Morgan fingerprint density at radius 1 is 1.50 bits per heavy atom. The van der Waals surface area contributed by atoms with Crippen molar-refractivity contribution in [2.24, 2.45) is 5.92 Å². The molecular formula is C8H14OS. The maximum Gasteiger partial charge on any atom is 0.103 e. The summed E-state index contributed by atoms with van der Waals surface area (Å²) in [5.41, 5.74) is 0. The summed E-state index contributed by atoms with van der Waals surface area (Å²) in [5.74, 6) is 2.88. The summed E-state index contributed by atoms with van der Waals surface area (Å²) in [6.45, 7) is 7.36. The molecule has 0 unspecified atom stereocenters. The second-order valence-corrected chi connectivity index (χ2v) is 3.91. The largest absolute Gasteiger partial charge is 0.497 e. The summed E-state index contributed by atoms with van der Waals surface area (Å²) < 4.78 is 5.41. The Kier molecular flexibility index (Phi) is 2.66. The fourth-order valence-electron chi connectivity index (χ4n) is 1.09. The second-order valence-electron chi connectivity index (χ2n) is 2.77. The first-order valence-electron chi connectivity index (χ1n) is 3.68. The fourth-order valence-corrected chi connectivity index (χ4v) is 2.07. The van der Waals surface area contributed by atoms with E-state index in [4.69, 9.17) is 4.74 Å². The highest BCUT2D eigenvalue weighted by Crippen LogP contribution is 2.30. The summed E-state index contributed by atoms with van der Waals surface area (Å²) in [6, 6.07) is 0. The summed E-state index contributed by atoms with van der Waals surface area (Å²) in [7, 11) is 0. The highest BCUT2D eigenvalue weighted by Gasteiger charge is 2.13. The summed E-state index contributed by atoms with van der Waals surface area (Å²) >= 11 is 1.93. The fraction of sp³-hybridized carbons (Fsp3) is 0.750. The lowest BCUT2D eigenvalue weighted by atomic mass is 10.2. The van der Waals surface area contributed by atoms with Crippen molar-refractivity contribution in [1.29, 1.82) is 0 Å². The third-order valence-corrected chi connectivity index (χ3v) is 2.97. The Bertz CT molecular complexity index is 149. The molecule has 0 radical (unpaired) electrons. The summed E-state index contributed by atoms with van der Waals surface area (Å²) in [5, 5.41) is 0. The Morgan fingerprint density at radius 3 is 2.60 bits per heavy atom. The molecule has 0 aromatic rings. The molecule has 0 amide bonds. The van der Waals surface area contributed by atoms with E-state index in [1.165, 1.54) is 4.91 Å². The van der Waals surface area contributed by atoms with Crippen molar-refractivity contribution in [2.75, 3.05) is 12.4 Å². The number of ether oxygens (including phenoxy) is 1. The van der Waals surface area contributed by atoms with Crippen molar-refractivity contribution in [3.05, 3.63) is 10.7 Å². The monoisotopic (exact) mass is 158 g/mol. The SMILES string of the molecule is CC1=C(C(C)C)SCCO1. The molecule has 1 aliphatic rings. The van der Waals surface area contributed by atoms with E-state index < -0.39 is 0 Å². The van der Waals surface area contributed by atoms with E-state index in [0.29, 0.717) is 5.92 Å². The van der Waals surface area contributed by atoms with Crippen LogP contribution >= 0.6 is 11.8 Å². The molecule has 0 saturated heterocycles. The van der Waals surface area contributed by atoms with Gasteiger partial charge in [0.15, 0.2) is 0 Å². The molecule has 0 N–H and O–H groups in total. The zero-order valence-corrected chi connectivity index (χ0v) is 7.62. The molecule has 1 heterocycles. The summed E-state index contributed by atoms with van der Waals surface area (Å²) in [6.07, 6.45) is 0. The van der Waals surface area contributed by atoms with Crippen LogP contribution in [0.2, 0.25) is 0 Å². The maximum atomic E-state index is 5.41. The van der Waals surface area contributed by atoms with Gasteiger partial charge in [-0.15, -0.1) is 11.8 Å². The first-order valence-corrected chi connectivity index (χ1v) is 4.66. The van der Waals surface area contributed by atoms with Crippen LogP contribution in [0.3, 0.4) is 0 Å². The number of thioether (sulfide) groups is 1. The molecule has 0 aromatic carbocycles. The summed E-state index contributed by atoms with van der Waals surface area (Å²) in [4.78, 5) is 1.42. The smallest absolute Gasteiger partial charge is 0.103 e. The van der Waals surface area contributed by atoms with Gasteiger partial charge in [0.1, 0.15) is 5.76 Å². The molecule has 1 nitrogen and oxygen atoms in total. The van der Waals surface area contributed by atoms with Gasteiger partial charge in [0, 0.05) is 10.7 Å². The van der Waals surface area contributed by atoms with Gasteiger partial charge in [0.2, 0.25) is 0 Å². The van der Waals surface area contributed by atoms with Gasteiger partial charge in [0.25, 0.3) is 0 Å². The zero-order valence-electron chi connectivity index (χ0n) is 6.81. The maximum absolute atomic E-state index is 5.41. The highest BCUT2D eigenvalue weighted by atomic mass is 32.2. The van der Waals surface area contributed by atoms with Gasteiger partial charge in [-0.25, -0.2) is 0 Å². The predicted molar refractivity (Wildman–Crippen MR) is 45.9 cm³/mol. The molecule has 2 heteroatoms. The van der Waals surface area contributed by atoms with Crippen LogP contribution < -0.4 is 0 Å². The normalized spacial score (nSPS) is 19.6. The van der Waals surface area contributed by atoms with Crippen LogP contribution in [0.15, 0.2) is 10.7 Å². The van der Waals surface area contributed by atoms with Crippen molar-refractivity contribution in [3.63, 3.8) is 0 Å². The van der Waals surface area contributed by atoms with Gasteiger partial charge < -0.3 is 4.74 Å². The highest BCUT2D eigenvalue weighted by molar-refractivity contribution is 8.03. The van der Waals surface area contributed by atoms with Gasteiger partial charge >= 0.3 is 0 Å². The molecule has 10 heavy (non-hydrogen) atoms. The first-order chi connectivity index (χ1) is 4.72. The van der Waals surface area contributed by atoms with E-state index in [-0.39, 0.29) is 0 Å². The van der Waals surface area contributed by atoms with E-state index in [2.05, 4.69) is 20.8 Å². The van der Waals surface area contributed by atoms with Crippen LogP contribution in [0.25, 0.3) is 0 Å². The lowest BCUT2D eigenvalue weighted by Gasteiger charge is -2.20. The van der Waals surface area contributed by atoms with Crippen LogP contribution in [0.1, 0.15) is 20.8 Å². The Balaban J connectivity index is 2.68. The minimum absolute atomic E-state index is 0.630. The van der Waals surface area contributed by atoms with Gasteiger partial charge in [-0.3, -0.25) is 0 Å². The lowest BCUT2D eigenvalue weighted by molar-refractivity contribution is 0.226. The van der Waals surface area contributed by atoms with Gasteiger partial charge in [-0.1, -0.05) is 13.8 Å². The van der Waals surface area contributed by atoms with Gasteiger partial charge in [-0.2, -0.15) is 0 Å². The first kappa shape index (κ1) is 7.99. The number of hydrogen-bond acceptors (Lipinski definition) is 2. The molecule has 0 aromatic heterocycles. The predicted octanol–water partition coefficient (Wildman–Crippen LogP) is 2.64. The van der Waals surface area contributed by atoms with Crippen molar-refractivity contribution in [1.82, 2.24) is 0 Å². The molecule has 0 aliphatic carbocycles. The van der Waals surface area contributed by atoms with E-state index in [0.717, 1.165) is 18.1 Å². The Hall–Kier alpha value is -0.110. The number of allylic oxidation sites excluding steroid dienone is 2. The Morgan fingerprint density at radius 2 is 2.20 bits per heavy atom. The topological polar surface area (TPSA) is 9.23 Å². The third kappa shape index (κ3) is 1.69. The van der Waals surface area contributed by atoms with E-state index in [1.807, 2.05) is 11.8 Å². The minimum Gasteiger partial charge on any atom is -0.497 e. The average molecular weight is 158 g/mol. The van der Waals surface area contributed by atoms with Crippen molar-refractivity contribution < 1.29 is 4.74 Å². The van der Waals surface area contributed by atoms with Crippen molar-refractivity contribution in [2.45, 2.75) is 20.8 Å². The van der Waals surface area contributed by atoms with Crippen LogP contribution in [-0.2, 0) is 4.74 Å². The number of hydrogen-bond donors (Lipinski definition) is 0. The Labute approximate surface area is 66.8 Å². The molecule has 58 valence electrons.